The summed E-state index contributed by atoms with van der Waals surface area (Å²) in [4.78, 5) is 0. The van der Waals surface area contributed by atoms with Crippen molar-refractivity contribution in [1.82, 2.24) is 0 Å². The summed E-state index contributed by atoms with van der Waals surface area (Å²) in [6.45, 7) is 1.60. The molecule has 0 aromatic heterocycles. The maximum Gasteiger partial charge on any atom is 0.418 e. The number of aryl methyl sites for hydroxylation is 1. The van der Waals surface area contributed by atoms with E-state index in [0.717, 1.165) is 6.07 Å². The van der Waals surface area contributed by atoms with Crippen molar-refractivity contribution in [1.29, 1.82) is 0 Å². The lowest BCUT2D eigenvalue weighted by atomic mass is 10.1. The fourth-order valence-corrected chi connectivity index (χ4v) is 2.17. The highest BCUT2D eigenvalue weighted by Crippen LogP contribution is 2.38. The van der Waals surface area contributed by atoms with Crippen LogP contribution in [0.1, 0.15) is 11.1 Å². The molecule has 112 valence electrons. The van der Waals surface area contributed by atoms with Crippen LogP contribution in [0, 0.1) is 12.7 Å². The average molecular weight is 363 g/mol. The van der Waals surface area contributed by atoms with Crippen LogP contribution >= 0.6 is 15.9 Å². The van der Waals surface area contributed by atoms with Gasteiger partial charge in [0.05, 0.1) is 15.7 Å². The zero-order chi connectivity index (χ0) is 15.8. The summed E-state index contributed by atoms with van der Waals surface area (Å²) in [5.74, 6) is -0.480. The zero-order valence-corrected chi connectivity index (χ0v) is 12.4. The molecule has 0 saturated heterocycles. The molecule has 7 heteroatoms. The predicted molar refractivity (Wildman–Crippen MR) is 78.0 cm³/mol. The maximum absolute atomic E-state index is 13.3. The highest BCUT2D eigenvalue weighted by molar-refractivity contribution is 9.10. The number of anilines is 3. The molecule has 2 nitrogen and oxygen atoms in total. The number of nitrogens with two attached hydrogens (primary N) is 1. The quantitative estimate of drug-likeness (QED) is 0.566. The highest BCUT2D eigenvalue weighted by Gasteiger charge is 2.33. The van der Waals surface area contributed by atoms with Crippen LogP contribution in [-0.4, -0.2) is 0 Å². The van der Waals surface area contributed by atoms with Gasteiger partial charge in [0.1, 0.15) is 5.82 Å². The maximum atomic E-state index is 13.3. The van der Waals surface area contributed by atoms with Gasteiger partial charge in [-0.3, -0.25) is 0 Å². The number of benzene rings is 2. The molecule has 0 spiro atoms. The van der Waals surface area contributed by atoms with Gasteiger partial charge in [-0.25, -0.2) is 4.39 Å². The van der Waals surface area contributed by atoms with Gasteiger partial charge in [0.2, 0.25) is 0 Å². The first-order valence-electron chi connectivity index (χ1n) is 5.88. The largest absolute Gasteiger partial charge is 0.418 e. The Kier molecular flexibility index (Phi) is 4.13. The molecule has 0 fully saturated rings. The van der Waals surface area contributed by atoms with Gasteiger partial charge >= 0.3 is 6.18 Å². The molecular formula is C14H11BrF4N2. The minimum Gasteiger partial charge on any atom is -0.399 e. The van der Waals surface area contributed by atoms with Crippen molar-refractivity contribution in [2.75, 3.05) is 11.1 Å². The Labute approximate surface area is 127 Å². The van der Waals surface area contributed by atoms with Gasteiger partial charge in [0.15, 0.2) is 0 Å². The molecule has 0 unspecified atom stereocenters. The Morgan fingerprint density at radius 3 is 2.38 bits per heavy atom. The summed E-state index contributed by atoms with van der Waals surface area (Å²) < 4.78 is 52.5. The normalized spacial score (nSPS) is 11.5. The summed E-state index contributed by atoms with van der Waals surface area (Å²) in [5, 5.41) is 2.67. The summed E-state index contributed by atoms with van der Waals surface area (Å²) in [5.41, 5.74) is 5.27. The zero-order valence-electron chi connectivity index (χ0n) is 10.9. The van der Waals surface area contributed by atoms with Gasteiger partial charge in [0, 0.05) is 11.4 Å². The second kappa shape index (κ2) is 5.55. The van der Waals surface area contributed by atoms with Crippen LogP contribution in [-0.2, 0) is 6.18 Å². The van der Waals surface area contributed by atoms with E-state index < -0.39 is 17.6 Å². The smallest absolute Gasteiger partial charge is 0.399 e. The van der Waals surface area contributed by atoms with Gasteiger partial charge in [-0.05, 0) is 58.7 Å². The Morgan fingerprint density at radius 2 is 1.76 bits per heavy atom. The number of hydrogen-bond donors (Lipinski definition) is 2. The topological polar surface area (TPSA) is 38.0 Å². The molecule has 0 amide bonds. The van der Waals surface area contributed by atoms with E-state index in [9.17, 15) is 17.6 Å². The number of rotatable bonds is 2. The van der Waals surface area contributed by atoms with Crippen LogP contribution in [0.2, 0.25) is 0 Å². The third-order valence-corrected chi connectivity index (χ3v) is 3.49. The highest BCUT2D eigenvalue weighted by atomic mass is 79.9. The molecule has 0 aliphatic carbocycles. The first kappa shape index (κ1) is 15.6. The van der Waals surface area contributed by atoms with E-state index in [1.165, 1.54) is 24.3 Å². The van der Waals surface area contributed by atoms with Gasteiger partial charge in [0.25, 0.3) is 0 Å². The Bertz CT molecular complexity index is 683. The minimum atomic E-state index is -4.54. The van der Waals surface area contributed by atoms with Gasteiger partial charge in [-0.2, -0.15) is 13.2 Å². The lowest BCUT2D eigenvalue weighted by Crippen LogP contribution is -2.10. The monoisotopic (exact) mass is 362 g/mol. The molecule has 0 radical (unpaired) electrons. The number of hydrogen-bond acceptors (Lipinski definition) is 2. The second-order valence-corrected chi connectivity index (χ2v) is 5.36. The Hall–Kier alpha value is -1.76. The van der Waals surface area contributed by atoms with Gasteiger partial charge < -0.3 is 11.1 Å². The molecule has 0 bridgehead atoms. The molecule has 0 aliphatic rings. The van der Waals surface area contributed by atoms with Crippen molar-refractivity contribution in [3.63, 3.8) is 0 Å². The third-order valence-electron chi connectivity index (χ3n) is 2.89. The molecule has 2 aromatic rings. The Morgan fingerprint density at radius 1 is 1.10 bits per heavy atom. The first-order valence-corrected chi connectivity index (χ1v) is 6.67. The summed E-state index contributed by atoms with van der Waals surface area (Å²) >= 11 is 3.01. The van der Waals surface area contributed by atoms with Gasteiger partial charge in [-0.15, -0.1) is 0 Å². The fraction of sp³-hybridized carbons (Fsp3) is 0.143. The molecule has 0 atom stereocenters. The van der Waals surface area contributed by atoms with Crippen molar-refractivity contribution in [3.8, 4) is 0 Å². The van der Waals surface area contributed by atoms with E-state index in [0.29, 0.717) is 11.3 Å². The van der Waals surface area contributed by atoms with Crippen molar-refractivity contribution < 1.29 is 17.6 Å². The Balaban J connectivity index is 2.47. The van der Waals surface area contributed by atoms with Crippen LogP contribution in [0.4, 0.5) is 34.6 Å². The van der Waals surface area contributed by atoms with E-state index in [1.807, 2.05) is 0 Å². The van der Waals surface area contributed by atoms with Crippen LogP contribution in [0.5, 0.6) is 0 Å². The third kappa shape index (κ3) is 3.47. The minimum absolute atomic E-state index is 0.0184. The van der Waals surface area contributed by atoms with E-state index in [1.54, 1.807) is 6.92 Å². The van der Waals surface area contributed by atoms with E-state index >= 15 is 0 Å². The van der Waals surface area contributed by atoms with Crippen LogP contribution in [0.15, 0.2) is 34.8 Å². The molecule has 0 aliphatic heterocycles. The number of alkyl halides is 3. The first-order chi connectivity index (χ1) is 9.68. The number of halogens is 5. The van der Waals surface area contributed by atoms with Gasteiger partial charge in [-0.1, -0.05) is 0 Å². The van der Waals surface area contributed by atoms with Crippen molar-refractivity contribution >= 4 is 33.0 Å². The van der Waals surface area contributed by atoms with Crippen molar-refractivity contribution in [2.45, 2.75) is 13.1 Å². The molecule has 0 saturated carbocycles. The van der Waals surface area contributed by atoms with E-state index in [2.05, 4.69) is 21.2 Å². The van der Waals surface area contributed by atoms with Crippen LogP contribution in [0.25, 0.3) is 0 Å². The number of nitrogen functional groups attached to an aromatic ring is 1. The van der Waals surface area contributed by atoms with E-state index in [-0.39, 0.29) is 15.8 Å². The predicted octanol–water partition coefficient (Wildman–Crippen LogP) is 5.24. The summed E-state index contributed by atoms with van der Waals surface area (Å²) in [7, 11) is 0. The number of nitrogens with one attached hydrogen (secondary N) is 1. The van der Waals surface area contributed by atoms with Crippen LogP contribution in [0.3, 0.4) is 0 Å². The molecule has 21 heavy (non-hydrogen) atoms. The second-order valence-electron chi connectivity index (χ2n) is 4.51. The molecule has 3 N–H and O–H groups in total. The van der Waals surface area contributed by atoms with Crippen molar-refractivity contribution in [3.05, 3.63) is 51.7 Å². The molecule has 0 heterocycles. The lowest BCUT2D eigenvalue weighted by Gasteiger charge is -2.17. The average Bonchev–Trinajstić information content (AvgIpc) is 2.36. The molecule has 2 aromatic carbocycles. The summed E-state index contributed by atoms with van der Waals surface area (Å²) in [6.07, 6.45) is -4.54. The standard InChI is InChI=1S/C14H11BrF4N2/c1-7-4-11(16)10(15)6-13(7)21-12-3-2-8(20)5-9(12)14(17,18)19/h2-6,21H,20H2,1H3. The SMILES string of the molecule is Cc1cc(F)c(Br)cc1Nc1ccc(N)cc1C(F)(F)F. The van der Waals surface area contributed by atoms with Crippen molar-refractivity contribution in [2.24, 2.45) is 0 Å². The summed E-state index contributed by atoms with van der Waals surface area (Å²) in [6, 6.07) is 6.09. The van der Waals surface area contributed by atoms with Crippen LogP contribution < -0.4 is 11.1 Å². The van der Waals surface area contributed by atoms with E-state index in [4.69, 9.17) is 5.73 Å². The molecular weight excluding hydrogens is 352 g/mol. The lowest BCUT2D eigenvalue weighted by molar-refractivity contribution is -0.136. The molecule has 2 rings (SSSR count). The fourth-order valence-electron chi connectivity index (χ4n) is 1.83.